The van der Waals surface area contributed by atoms with E-state index in [0.717, 1.165) is 20.5 Å². The lowest BCUT2D eigenvalue weighted by atomic mass is 10.0. The van der Waals surface area contributed by atoms with Crippen molar-refractivity contribution >= 4 is 81.2 Å². The molecule has 8 aromatic rings. The number of para-hydroxylation sites is 1. The van der Waals surface area contributed by atoms with E-state index in [2.05, 4.69) is 30.8 Å². The maximum absolute atomic E-state index is 15.1. The minimum atomic E-state index is -1.19. The molecule has 4 heterocycles. The number of carbonyl (C=O) groups is 2. The third-order valence-corrected chi connectivity index (χ3v) is 11.5. The number of benzene rings is 4. The van der Waals surface area contributed by atoms with Gasteiger partial charge >= 0.3 is 12.1 Å². The first-order valence-corrected chi connectivity index (χ1v) is 22.1. The molecule has 0 saturated carbocycles. The van der Waals surface area contributed by atoms with E-state index in [4.69, 9.17) is 46.4 Å². The SMILES string of the molecule is CCn1nc(-c2cccc(-c3ccc(O)cc3)c2)cc(NC(=O)N(c2c(Cl)cncc2Cl)N(C(=O)Nc2cc(-c3cccc(-c4ccccc4O)c3)nn(CC)c2=O)c2c(Cl)cncc2Cl)c1=O. The van der Waals surface area contributed by atoms with Crippen LogP contribution in [0.4, 0.5) is 32.3 Å². The smallest absolute Gasteiger partial charge is 0.346 e. The molecule has 4 aromatic carbocycles. The van der Waals surface area contributed by atoms with Crippen LogP contribution in [-0.4, -0.2) is 51.8 Å². The van der Waals surface area contributed by atoms with E-state index < -0.39 is 23.2 Å². The lowest BCUT2D eigenvalue weighted by molar-refractivity contribution is 0.248. The van der Waals surface area contributed by atoms with Gasteiger partial charge in [-0.1, -0.05) is 113 Å². The molecule has 4 N–H and O–H groups in total. The van der Waals surface area contributed by atoms with Crippen LogP contribution in [0.3, 0.4) is 0 Å². The molecule has 0 atom stereocenters. The molecule has 20 heteroatoms. The predicted octanol–water partition coefficient (Wildman–Crippen LogP) is 11.0. The molecule has 0 radical (unpaired) electrons. The van der Waals surface area contributed by atoms with Crippen molar-refractivity contribution in [3.05, 3.63) is 175 Å². The number of hydrazine groups is 1. The van der Waals surface area contributed by atoms with Crippen LogP contribution in [0.2, 0.25) is 20.1 Å². The highest BCUT2D eigenvalue weighted by molar-refractivity contribution is 6.42. The molecule has 0 spiro atoms. The lowest BCUT2D eigenvalue weighted by Gasteiger charge is -2.36. The number of nitrogens with one attached hydrogen (secondary N) is 2. The minimum Gasteiger partial charge on any atom is -0.508 e. The first-order chi connectivity index (χ1) is 32.8. The second-order valence-electron chi connectivity index (χ2n) is 14.7. The van der Waals surface area contributed by atoms with Gasteiger partial charge in [0.2, 0.25) is 0 Å². The first-order valence-electron chi connectivity index (χ1n) is 20.6. The number of hydrogen-bond donors (Lipinski definition) is 4. The molecule has 16 nitrogen and oxygen atoms in total. The monoisotopic (exact) mass is 988 g/mol. The van der Waals surface area contributed by atoms with Gasteiger partial charge in [-0.2, -0.15) is 20.2 Å². The Morgan fingerprint density at radius 1 is 0.544 bits per heavy atom. The molecular weight excluding hydrogens is 954 g/mol. The van der Waals surface area contributed by atoms with Crippen molar-refractivity contribution in [2.75, 3.05) is 20.7 Å². The van der Waals surface area contributed by atoms with Crippen LogP contribution < -0.4 is 31.8 Å². The molecule has 0 aliphatic rings. The van der Waals surface area contributed by atoms with Crippen LogP contribution in [0, 0.1) is 0 Å². The molecule has 342 valence electrons. The molecule has 0 fully saturated rings. The van der Waals surface area contributed by atoms with Crippen molar-refractivity contribution in [2.24, 2.45) is 0 Å². The van der Waals surface area contributed by atoms with Crippen molar-refractivity contribution in [1.29, 1.82) is 0 Å². The van der Waals surface area contributed by atoms with E-state index in [0.29, 0.717) is 32.3 Å². The fourth-order valence-corrected chi connectivity index (χ4v) is 8.23. The van der Waals surface area contributed by atoms with Gasteiger partial charge < -0.3 is 20.8 Å². The van der Waals surface area contributed by atoms with E-state index in [1.165, 1.54) is 36.9 Å². The second-order valence-corrected chi connectivity index (χ2v) is 16.4. The Labute approximate surface area is 407 Å². The number of aromatic nitrogens is 6. The fraction of sp³-hybridized carbons (Fsp3) is 0.0833. The van der Waals surface area contributed by atoms with Crippen molar-refractivity contribution in [3.63, 3.8) is 0 Å². The largest absolute Gasteiger partial charge is 0.508 e. The molecule has 0 aliphatic heterocycles. The van der Waals surface area contributed by atoms with Crippen LogP contribution >= 0.6 is 46.4 Å². The van der Waals surface area contributed by atoms with Gasteiger partial charge in [-0.25, -0.2) is 19.0 Å². The summed E-state index contributed by atoms with van der Waals surface area (Å²) in [6.07, 6.45) is 4.68. The average Bonchev–Trinajstić information content (AvgIpc) is 3.33. The zero-order valence-corrected chi connectivity index (χ0v) is 38.8. The van der Waals surface area contributed by atoms with Gasteiger partial charge in [-0.05, 0) is 73.0 Å². The average molecular weight is 991 g/mol. The standard InChI is InChI=1S/C48H36Cl4N10O6/c1-3-59-45(65)40(21-38(57-59)30-11-7-9-28(19-30)27-15-17-32(63)18-16-27)55-47(67)61(43-34(49)23-53-24-35(43)50)62(44-36(51)25-54-26-37(44)52)48(68)56-41-22-39(58-60(4-2)46(41)66)31-12-8-10-29(20-31)33-13-5-6-14-42(33)64/h5-26,63-64H,3-4H2,1-2H3,(H,55,67)(H,56,68). The summed E-state index contributed by atoms with van der Waals surface area (Å²) in [5, 5.41) is 35.2. The zero-order chi connectivity index (χ0) is 48.2. The maximum atomic E-state index is 15.1. The third-order valence-electron chi connectivity index (χ3n) is 10.4. The number of phenols is 2. The number of carbonyl (C=O) groups excluding carboxylic acids is 2. The maximum Gasteiger partial charge on any atom is 0.346 e. The summed E-state index contributed by atoms with van der Waals surface area (Å²) >= 11 is 27.0. The molecule has 0 aliphatic carbocycles. The van der Waals surface area contributed by atoms with Crippen LogP contribution in [0.15, 0.2) is 144 Å². The van der Waals surface area contributed by atoms with E-state index >= 15 is 9.59 Å². The summed E-state index contributed by atoms with van der Waals surface area (Å²) in [7, 11) is 0. The Morgan fingerprint density at radius 2 is 0.971 bits per heavy atom. The number of halogens is 4. The minimum absolute atomic E-state index is 0.0535. The predicted molar refractivity (Wildman–Crippen MR) is 265 cm³/mol. The Hall–Kier alpha value is -7.76. The van der Waals surface area contributed by atoms with Crippen molar-refractivity contribution in [3.8, 4) is 56.3 Å². The molecule has 4 amide bonds. The number of aryl methyl sites for hydroxylation is 2. The number of rotatable bonds is 10. The summed E-state index contributed by atoms with van der Waals surface area (Å²) in [6.45, 7) is 3.56. The number of amides is 4. The Kier molecular flexibility index (Phi) is 13.8. The van der Waals surface area contributed by atoms with E-state index in [9.17, 15) is 19.8 Å². The Bertz CT molecular complexity index is 3330. The van der Waals surface area contributed by atoms with Gasteiger partial charge in [-0.15, -0.1) is 0 Å². The van der Waals surface area contributed by atoms with Gasteiger partial charge in [0.05, 0.1) is 31.5 Å². The van der Waals surface area contributed by atoms with E-state index in [-0.39, 0.29) is 78.8 Å². The van der Waals surface area contributed by atoms with Crippen molar-refractivity contribution in [2.45, 2.75) is 26.9 Å². The van der Waals surface area contributed by atoms with E-state index in [1.807, 2.05) is 12.1 Å². The Balaban J connectivity index is 1.24. The normalized spacial score (nSPS) is 11.0. The molecular formula is C48H36Cl4N10O6. The lowest BCUT2D eigenvalue weighted by Crippen LogP contribution is -2.55. The van der Waals surface area contributed by atoms with Crippen LogP contribution in [-0.2, 0) is 13.1 Å². The molecule has 0 saturated heterocycles. The zero-order valence-electron chi connectivity index (χ0n) is 35.7. The summed E-state index contributed by atoms with van der Waals surface area (Å²) in [5.74, 6) is 0.156. The number of pyridine rings is 2. The van der Waals surface area contributed by atoms with Gasteiger partial charge in [0.25, 0.3) is 11.1 Å². The number of aromatic hydroxyl groups is 2. The molecule has 8 rings (SSSR count). The summed E-state index contributed by atoms with van der Waals surface area (Å²) in [6, 6.07) is 28.1. The number of hydrogen-bond acceptors (Lipinski definition) is 10. The number of nitrogens with zero attached hydrogens (tertiary/aromatic N) is 8. The van der Waals surface area contributed by atoms with Gasteiger partial charge in [0.1, 0.15) is 34.2 Å². The van der Waals surface area contributed by atoms with E-state index in [1.54, 1.807) is 98.8 Å². The quantitative estimate of drug-likeness (QED) is 0.0956. The molecule has 4 aromatic heterocycles. The number of phenolic OH excluding ortho intramolecular Hbond substituents is 2. The fourth-order valence-electron chi connectivity index (χ4n) is 7.18. The Morgan fingerprint density at radius 3 is 1.43 bits per heavy atom. The van der Waals surface area contributed by atoms with Gasteiger partial charge in [0.15, 0.2) is 0 Å². The second kappa shape index (κ2) is 20.0. The summed E-state index contributed by atoms with van der Waals surface area (Å²) in [4.78, 5) is 66.3. The third kappa shape index (κ3) is 9.57. The number of anilines is 4. The van der Waals surface area contributed by atoms with Crippen LogP contribution in [0.1, 0.15) is 13.8 Å². The number of urea groups is 2. The van der Waals surface area contributed by atoms with Gasteiger partial charge in [-0.3, -0.25) is 19.6 Å². The summed E-state index contributed by atoms with van der Waals surface area (Å²) < 4.78 is 2.28. The molecule has 68 heavy (non-hydrogen) atoms. The molecule has 0 unspecified atom stereocenters. The van der Waals surface area contributed by atoms with Crippen molar-refractivity contribution in [1.82, 2.24) is 29.5 Å². The van der Waals surface area contributed by atoms with Gasteiger partial charge in [0, 0.05) is 54.6 Å². The van der Waals surface area contributed by atoms with Crippen molar-refractivity contribution < 1.29 is 19.8 Å². The first kappa shape index (κ1) is 46.8. The van der Waals surface area contributed by atoms with Crippen LogP contribution in [0.25, 0.3) is 44.8 Å². The highest BCUT2D eigenvalue weighted by Crippen LogP contribution is 2.41. The van der Waals surface area contributed by atoms with Crippen LogP contribution in [0.5, 0.6) is 11.5 Å². The highest BCUT2D eigenvalue weighted by Gasteiger charge is 2.37. The summed E-state index contributed by atoms with van der Waals surface area (Å²) in [5.41, 5.74) is 1.81. The molecule has 0 bridgehead atoms. The topological polar surface area (TPSA) is 201 Å². The highest BCUT2D eigenvalue weighted by atomic mass is 35.5.